The molecular weight excluding hydrogens is 349 g/mol. The van der Waals surface area contributed by atoms with Crippen LogP contribution in [-0.4, -0.2) is 23.7 Å². The Kier molecular flexibility index (Phi) is 4.15. The van der Waals surface area contributed by atoms with Gasteiger partial charge in [0.2, 0.25) is 0 Å². The van der Waals surface area contributed by atoms with Crippen molar-refractivity contribution in [3.05, 3.63) is 53.8 Å². The van der Waals surface area contributed by atoms with Gasteiger partial charge in [-0.2, -0.15) is 9.47 Å². The number of fused-ring (bicyclic) bond motifs is 1. The third kappa shape index (κ3) is 3.05. The topological polar surface area (TPSA) is 37.7 Å². The molecule has 0 atom stereocenters. The average Bonchev–Trinajstić information content (AvgIpc) is 3.05. The van der Waals surface area contributed by atoms with Crippen molar-refractivity contribution in [2.24, 2.45) is 10.5 Å². The number of ether oxygens (including phenoxy) is 1. The van der Waals surface area contributed by atoms with Crippen LogP contribution < -0.4 is 9.75 Å². The zero-order valence-electron chi connectivity index (χ0n) is 15.0. The average molecular weight is 369 g/mol. The van der Waals surface area contributed by atoms with Crippen molar-refractivity contribution < 1.29 is 9.13 Å². The Balaban J connectivity index is 1.79. The molecule has 0 fully saturated rings. The number of nitrogens with zero attached hydrogens (tertiary/aromatic N) is 3. The van der Waals surface area contributed by atoms with Gasteiger partial charge in [0.1, 0.15) is 0 Å². The van der Waals surface area contributed by atoms with Gasteiger partial charge in [0, 0.05) is 17.5 Å². The maximum absolute atomic E-state index is 13.8. The summed E-state index contributed by atoms with van der Waals surface area (Å²) >= 11 is 1.48. The summed E-state index contributed by atoms with van der Waals surface area (Å²) in [5.74, 6) is 0.749. The minimum Gasteiger partial charge on any atom is -0.494 e. The molecule has 3 aromatic rings. The van der Waals surface area contributed by atoms with Crippen LogP contribution >= 0.6 is 11.5 Å². The summed E-state index contributed by atoms with van der Waals surface area (Å²) in [6.07, 6.45) is 0.806. The van der Waals surface area contributed by atoms with Crippen molar-refractivity contribution in [1.82, 2.24) is 4.37 Å². The molecule has 2 aromatic carbocycles. The van der Waals surface area contributed by atoms with E-state index in [-0.39, 0.29) is 17.0 Å². The van der Waals surface area contributed by atoms with Gasteiger partial charge in [-0.1, -0.05) is 26.0 Å². The lowest BCUT2D eigenvalue weighted by molar-refractivity contribution is 0.368. The Morgan fingerprint density at radius 2 is 2.00 bits per heavy atom. The van der Waals surface area contributed by atoms with E-state index in [0.29, 0.717) is 0 Å². The molecule has 0 spiro atoms. The molecule has 134 valence electrons. The van der Waals surface area contributed by atoms with E-state index in [1.165, 1.54) is 24.7 Å². The summed E-state index contributed by atoms with van der Waals surface area (Å²) in [5, 5.41) is 7.95. The second-order valence-electron chi connectivity index (χ2n) is 7.30. The highest BCUT2D eigenvalue weighted by Crippen LogP contribution is 2.36. The first-order valence-electron chi connectivity index (χ1n) is 8.50. The normalized spacial score (nSPS) is 16.6. The van der Waals surface area contributed by atoms with Crippen LogP contribution in [0.25, 0.3) is 10.1 Å². The number of benzene rings is 2. The number of methoxy groups -OCH3 is 1. The Morgan fingerprint density at radius 1 is 1.19 bits per heavy atom. The van der Waals surface area contributed by atoms with E-state index in [2.05, 4.69) is 30.4 Å². The summed E-state index contributed by atoms with van der Waals surface area (Å²) in [4.78, 5) is 0. The van der Waals surface area contributed by atoms with Crippen LogP contribution in [0.2, 0.25) is 0 Å². The highest BCUT2D eigenvalue weighted by molar-refractivity contribution is 7.13. The fraction of sp³-hybridized carbons (Fsp3) is 0.300. The van der Waals surface area contributed by atoms with Crippen LogP contribution in [0.5, 0.6) is 5.75 Å². The lowest BCUT2D eigenvalue weighted by atomic mass is 9.83. The molecule has 0 unspecified atom stereocenters. The molecule has 1 aliphatic rings. The quantitative estimate of drug-likeness (QED) is 0.646. The lowest BCUT2D eigenvalue weighted by Crippen LogP contribution is -2.38. The van der Waals surface area contributed by atoms with Crippen LogP contribution in [0, 0.1) is 11.2 Å². The number of hydrazone groups is 1. The van der Waals surface area contributed by atoms with Crippen LogP contribution in [0.4, 0.5) is 10.2 Å². The van der Waals surface area contributed by atoms with E-state index in [1.807, 2.05) is 17.1 Å². The third-order valence-electron chi connectivity index (χ3n) is 4.55. The molecule has 26 heavy (non-hydrogen) atoms. The van der Waals surface area contributed by atoms with Crippen LogP contribution in [-0.2, 0) is 0 Å². The van der Waals surface area contributed by atoms with Crippen molar-refractivity contribution in [2.75, 3.05) is 18.7 Å². The van der Waals surface area contributed by atoms with Gasteiger partial charge >= 0.3 is 0 Å². The van der Waals surface area contributed by atoms with Crippen molar-refractivity contribution in [3.8, 4) is 5.75 Å². The predicted octanol–water partition coefficient (Wildman–Crippen LogP) is 5.08. The molecular formula is C20H20FN3OS. The molecule has 4 nitrogen and oxygen atoms in total. The van der Waals surface area contributed by atoms with Gasteiger partial charge in [-0.05, 0) is 53.7 Å². The Morgan fingerprint density at radius 3 is 2.81 bits per heavy atom. The van der Waals surface area contributed by atoms with Gasteiger partial charge in [-0.3, -0.25) is 0 Å². The predicted molar refractivity (Wildman–Crippen MR) is 105 cm³/mol. The zero-order chi connectivity index (χ0) is 18.3. The van der Waals surface area contributed by atoms with E-state index >= 15 is 0 Å². The largest absolute Gasteiger partial charge is 0.494 e. The third-order valence-corrected chi connectivity index (χ3v) is 5.37. The maximum Gasteiger partial charge on any atom is 0.170 e. The second kappa shape index (κ2) is 6.36. The molecule has 0 bridgehead atoms. The number of rotatable bonds is 3. The Labute approximate surface area is 156 Å². The smallest absolute Gasteiger partial charge is 0.170 e. The van der Waals surface area contributed by atoms with E-state index in [1.54, 1.807) is 12.1 Å². The van der Waals surface area contributed by atoms with Crippen LogP contribution in [0.1, 0.15) is 25.8 Å². The molecule has 0 amide bonds. The van der Waals surface area contributed by atoms with Gasteiger partial charge in [-0.25, -0.2) is 9.40 Å². The molecule has 0 N–H and O–H groups in total. The molecule has 1 aromatic heterocycles. The molecule has 1 aliphatic heterocycles. The first kappa shape index (κ1) is 17.0. The molecule has 0 saturated heterocycles. The van der Waals surface area contributed by atoms with Crippen LogP contribution in [0.15, 0.2) is 47.6 Å². The number of hydrogen-bond donors (Lipinski definition) is 0. The molecule has 0 radical (unpaired) electrons. The fourth-order valence-electron chi connectivity index (χ4n) is 3.31. The van der Waals surface area contributed by atoms with Gasteiger partial charge in [0.25, 0.3) is 0 Å². The van der Waals surface area contributed by atoms with Crippen molar-refractivity contribution in [3.63, 3.8) is 0 Å². The van der Waals surface area contributed by atoms with E-state index in [9.17, 15) is 4.39 Å². The Bertz CT molecular complexity index is 996. The van der Waals surface area contributed by atoms with E-state index < -0.39 is 0 Å². The summed E-state index contributed by atoms with van der Waals surface area (Å²) in [5.41, 5.74) is 1.81. The summed E-state index contributed by atoms with van der Waals surface area (Å²) in [6, 6.07) is 13.1. The van der Waals surface area contributed by atoms with Crippen molar-refractivity contribution in [1.29, 1.82) is 0 Å². The lowest BCUT2D eigenvalue weighted by Gasteiger charge is -2.35. The summed E-state index contributed by atoms with van der Waals surface area (Å²) < 4.78 is 24.7. The van der Waals surface area contributed by atoms with E-state index in [4.69, 9.17) is 9.84 Å². The highest BCUT2D eigenvalue weighted by atomic mass is 32.1. The number of halogens is 1. The first-order valence-corrected chi connectivity index (χ1v) is 9.27. The summed E-state index contributed by atoms with van der Waals surface area (Å²) in [6.45, 7) is 5.20. The molecule has 0 saturated carbocycles. The minimum absolute atomic E-state index is 0.0173. The van der Waals surface area contributed by atoms with Crippen LogP contribution in [0.3, 0.4) is 0 Å². The number of anilines is 1. The van der Waals surface area contributed by atoms with Gasteiger partial charge in [0.05, 0.1) is 17.5 Å². The zero-order valence-corrected chi connectivity index (χ0v) is 15.8. The first-order chi connectivity index (χ1) is 12.5. The SMILES string of the molecule is COc1cc(C2=NN(c3nsc4ccccc34)CC(C)(C)C2)ccc1F. The fourth-order valence-corrected chi connectivity index (χ4v) is 4.09. The van der Waals surface area contributed by atoms with Gasteiger partial charge in [0.15, 0.2) is 17.4 Å². The van der Waals surface area contributed by atoms with Crippen molar-refractivity contribution in [2.45, 2.75) is 20.3 Å². The molecule has 4 rings (SSSR count). The maximum atomic E-state index is 13.8. The molecule has 2 heterocycles. The van der Waals surface area contributed by atoms with Gasteiger partial charge < -0.3 is 4.74 Å². The summed E-state index contributed by atoms with van der Waals surface area (Å²) in [7, 11) is 1.47. The van der Waals surface area contributed by atoms with Gasteiger partial charge in [-0.15, -0.1) is 0 Å². The standard InChI is InChI=1S/C20H20FN3OS/c1-20(2)11-16(13-8-9-15(21)17(10-13)25-3)22-24(12-20)19-14-6-4-5-7-18(14)26-23-19/h4-10H,11-12H2,1-3H3. The second-order valence-corrected chi connectivity index (χ2v) is 8.10. The minimum atomic E-state index is -0.366. The number of aromatic nitrogens is 1. The number of hydrogen-bond acceptors (Lipinski definition) is 5. The Hall–Kier alpha value is -2.47. The molecule has 6 heteroatoms. The monoisotopic (exact) mass is 369 g/mol. The molecule has 0 aliphatic carbocycles. The van der Waals surface area contributed by atoms with Crippen molar-refractivity contribution >= 4 is 33.1 Å². The highest BCUT2D eigenvalue weighted by Gasteiger charge is 2.31. The van der Waals surface area contributed by atoms with E-state index in [0.717, 1.165) is 40.1 Å².